The molecule has 3 heterocycles. The van der Waals surface area contributed by atoms with E-state index in [1.165, 1.54) is 30.0 Å². The molecule has 0 saturated heterocycles. The molecule has 0 aliphatic carbocycles. The molecule has 0 fully saturated rings. The fourth-order valence-electron chi connectivity index (χ4n) is 2.60. The maximum absolute atomic E-state index is 12.4. The van der Waals surface area contributed by atoms with E-state index in [0.717, 1.165) is 21.3 Å². The second kappa shape index (κ2) is 7.45. The van der Waals surface area contributed by atoms with Gasteiger partial charge in [0.1, 0.15) is 5.52 Å². The number of Topliss-reactive ketones (excluding diaryl/α,β-unsaturated/α-hetero) is 1. The van der Waals surface area contributed by atoms with Crippen LogP contribution in [0.25, 0.3) is 22.1 Å². The molecule has 0 aliphatic heterocycles. The molecule has 0 atom stereocenters. The minimum absolute atomic E-state index is 0.000538. The molecule has 0 bridgehead atoms. The summed E-state index contributed by atoms with van der Waals surface area (Å²) in [7, 11) is 0. The van der Waals surface area contributed by atoms with Gasteiger partial charge in [0, 0.05) is 22.7 Å². The summed E-state index contributed by atoms with van der Waals surface area (Å²) in [6.07, 6.45) is 0. The van der Waals surface area contributed by atoms with Gasteiger partial charge in [0.05, 0.1) is 17.2 Å². The monoisotopic (exact) mass is 397 g/mol. The highest BCUT2D eigenvalue weighted by Crippen LogP contribution is 2.24. The van der Waals surface area contributed by atoms with E-state index >= 15 is 0 Å². The minimum atomic E-state index is -0.0937. The first-order chi connectivity index (χ1) is 13.1. The summed E-state index contributed by atoms with van der Waals surface area (Å²) in [5.41, 5.74) is 2.34. The Morgan fingerprint density at radius 3 is 2.89 bits per heavy atom. The summed E-state index contributed by atoms with van der Waals surface area (Å²) in [4.78, 5) is 32.6. The molecule has 0 unspecified atom stereocenters. The SMILES string of the molecule is CC(=O)NCc1ccc(C(=O)CSc2nnc3c(n2)[nH]c2ccccc23)s1. The van der Waals surface area contributed by atoms with Gasteiger partial charge in [0.25, 0.3) is 0 Å². The second-order valence-corrected chi connectivity index (χ2v) is 7.96. The first kappa shape index (κ1) is 17.6. The smallest absolute Gasteiger partial charge is 0.217 e. The van der Waals surface area contributed by atoms with Crippen LogP contribution in [-0.4, -0.2) is 37.6 Å². The van der Waals surface area contributed by atoms with Crippen LogP contribution in [0.5, 0.6) is 0 Å². The second-order valence-electron chi connectivity index (χ2n) is 5.85. The zero-order valence-corrected chi connectivity index (χ0v) is 16.0. The molecule has 7 nitrogen and oxygen atoms in total. The molecular weight excluding hydrogens is 382 g/mol. The maximum Gasteiger partial charge on any atom is 0.217 e. The molecule has 3 aromatic heterocycles. The molecule has 2 N–H and O–H groups in total. The highest BCUT2D eigenvalue weighted by Gasteiger charge is 2.13. The van der Waals surface area contributed by atoms with Crippen molar-refractivity contribution in [1.29, 1.82) is 0 Å². The van der Waals surface area contributed by atoms with Gasteiger partial charge in [0.15, 0.2) is 11.4 Å². The average Bonchev–Trinajstić information content (AvgIpc) is 3.28. The molecule has 27 heavy (non-hydrogen) atoms. The van der Waals surface area contributed by atoms with Crippen molar-refractivity contribution >= 4 is 56.9 Å². The van der Waals surface area contributed by atoms with Gasteiger partial charge < -0.3 is 10.3 Å². The van der Waals surface area contributed by atoms with Gasteiger partial charge in [-0.05, 0) is 18.2 Å². The first-order valence-electron chi connectivity index (χ1n) is 8.20. The molecule has 1 aromatic carbocycles. The molecule has 136 valence electrons. The van der Waals surface area contributed by atoms with E-state index in [0.29, 0.717) is 22.2 Å². The minimum Gasteiger partial charge on any atom is -0.351 e. The van der Waals surface area contributed by atoms with Crippen LogP contribution in [0.3, 0.4) is 0 Å². The van der Waals surface area contributed by atoms with E-state index in [4.69, 9.17) is 0 Å². The number of hydrogen-bond donors (Lipinski definition) is 2. The lowest BCUT2D eigenvalue weighted by Gasteiger charge is -1.99. The number of benzene rings is 1. The summed E-state index contributed by atoms with van der Waals surface area (Å²) in [6.45, 7) is 1.90. The van der Waals surface area contributed by atoms with Crippen LogP contribution in [0.2, 0.25) is 0 Å². The summed E-state index contributed by atoms with van der Waals surface area (Å²) >= 11 is 2.64. The Hall–Kier alpha value is -2.78. The standard InChI is InChI=1S/C18H15N5O2S2/c1-10(24)19-8-11-6-7-15(27-11)14(25)9-26-18-21-17-16(22-23-18)12-4-2-3-5-13(12)20-17/h2-7H,8-9H2,1H3,(H,19,24)(H,20,21,23). The Kier molecular flexibility index (Phi) is 4.87. The fourth-order valence-corrected chi connectivity index (χ4v) is 4.25. The van der Waals surface area contributed by atoms with Gasteiger partial charge in [-0.3, -0.25) is 9.59 Å². The third-order valence-corrected chi connectivity index (χ3v) is 5.85. The van der Waals surface area contributed by atoms with Crippen LogP contribution < -0.4 is 5.32 Å². The lowest BCUT2D eigenvalue weighted by atomic mass is 10.2. The topological polar surface area (TPSA) is 101 Å². The number of aromatic amines is 1. The van der Waals surface area contributed by atoms with Crippen molar-refractivity contribution in [2.75, 3.05) is 5.75 Å². The van der Waals surface area contributed by atoms with Crippen LogP contribution in [0.1, 0.15) is 21.5 Å². The molecule has 0 aliphatic rings. The van der Waals surface area contributed by atoms with E-state index in [1.54, 1.807) is 6.07 Å². The van der Waals surface area contributed by atoms with Crippen LogP contribution in [-0.2, 0) is 11.3 Å². The Balaban J connectivity index is 1.44. The number of carbonyl (C=O) groups excluding carboxylic acids is 2. The van der Waals surface area contributed by atoms with Crippen LogP contribution in [0.15, 0.2) is 41.6 Å². The van der Waals surface area contributed by atoms with Crippen LogP contribution in [0.4, 0.5) is 0 Å². The van der Waals surface area contributed by atoms with E-state index in [9.17, 15) is 9.59 Å². The number of aromatic nitrogens is 4. The summed E-state index contributed by atoms with van der Waals surface area (Å²) in [5.74, 6) is 0.135. The highest BCUT2D eigenvalue weighted by molar-refractivity contribution is 7.99. The summed E-state index contributed by atoms with van der Waals surface area (Å²) in [6, 6.07) is 11.5. The number of carbonyl (C=O) groups is 2. The van der Waals surface area contributed by atoms with Crippen molar-refractivity contribution < 1.29 is 9.59 Å². The molecule has 4 rings (SSSR count). The fraction of sp³-hybridized carbons (Fsp3) is 0.167. The predicted octanol–water partition coefficient (Wildman–Crippen LogP) is 3.18. The number of hydrogen-bond acceptors (Lipinski definition) is 7. The number of rotatable bonds is 6. The molecule has 1 amide bonds. The molecule has 0 spiro atoms. The van der Waals surface area contributed by atoms with E-state index < -0.39 is 0 Å². The quantitative estimate of drug-likeness (QED) is 0.383. The normalized spacial score (nSPS) is 11.1. The Labute approximate surface area is 162 Å². The number of thioether (sulfide) groups is 1. The molecule has 0 radical (unpaired) electrons. The van der Waals surface area contributed by atoms with Gasteiger partial charge in [0.2, 0.25) is 11.1 Å². The largest absolute Gasteiger partial charge is 0.351 e. The van der Waals surface area contributed by atoms with Crippen molar-refractivity contribution in [2.45, 2.75) is 18.6 Å². The Morgan fingerprint density at radius 1 is 1.19 bits per heavy atom. The number of ketones is 1. The molecule has 4 aromatic rings. The number of fused-ring (bicyclic) bond motifs is 3. The zero-order chi connectivity index (χ0) is 18.8. The Morgan fingerprint density at radius 2 is 2.04 bits per heavy atom. The third-order valence-electron chi connectivity index (χ3n) is 3.88. The number of amides is 1. The molecular formula is C18H15N5O2S2. The number of thiophene rings is 1. The van der Waals surface area contributed by atoms with Gasteiger partial charge >= 0.3 is 0 Å². The number of nitrogens with one attached hydrogen (secondary N) is 2. The lowest BCUT2D eigenvalue weighted by Crippen LogP contribution is -2.18. The molecule has 0 saturated carbocycles. The Bertz CT molecular complexity index is 1150. The number of nitrogens with zero attached hydrogens (tertiary/aromatic N) is 3. The zero-order valence-electron chi connectivity index (χ0n) is 14.4. The van der Waals surface area contributed by atoms with Gasteiger partial charge in [-0.2, -0.15) is 0 Å². The highest BCUT2D eigenvalue weighted by atomic mass is 32.2. The molecule has 9 heteroatoms. The van der Waals surface area contributed by atoms with Crippen LogP contribution in [0, 0.1) is 0 Å². The van der Waals surface area contributed by atoms with E-state index in [-0.39, 0.29) is 17.4 Å². The van der Waals surface area contributed by atoms with Crippen molar-refractivity contribution in [1.82, 2.24) is 25.5 Å². The van der Waals surface area contributed by atoms with Crippen LogP contribution >= 0.6 is 23.1 Å². The number of H-pyrrole nitrogens is 1. The van der Waals surface area contributed by atoms with Crippen molar-refractivity contribution in [3.05, 3.63) is 46.2 Å². The first-order valence-corrected chi connectivity index (χ1v) is 10.0. The third kappa shape index (κ3) is 3.83. The van der Waals surface area contributed by atoms with Crippen molar-refractivity contribution in [2.24, 2.45) is 0 Å². The summed E-state index contributed by atoms with van der Waals surface area (Å²) in [5, 5.41) is 12.5. The van der Waals surface area contributed by atoms with Gasteiger partial charge in [-0.25, -0.2) is 4.98 Å². The van der Waals surface area contributed by atoms with E-state index in [1.807, 2.05) is 30.3 Å². The van der Waals surface area contributed by atoms with Gasteiger partial charge in [-0.1, -0.05) is 30.0 Å². The average molecular weight is 397 g/mol. The van der Waals surface area contributed by atoms with Gasteiger partial charge in [-0.15, -0.1) is 21.5 Å². The summed E-state index contributed by atoms with van der Waals surface area (Å²) < 4.78 is 0. The number of para-hydroxylation sites is 1. The predicted molar refractivity (Wildman–Crippen MR) is 106 cm³/mol. The van der Waals surface area contributed by atoms with Crippen molar-refractivity contribution in [3.63, 3.8) is 0 Å². The maximum atomic E-state index is 12.4. The lowest BCUT2D eigenvalue weighted by molar-refractivity contribution is -0.119. The van der Waals surface area contributed by atoms with E-state index in [2.05, 4.69) is 25.5 Å². The van der Waals surface area contributed by atoms with Crippen molar-refractivity contribution in [3.8, 4) is 0 Å².